The van der Waals surface area contributed by atoms with Crippen molar-refractivity contribution < 1.29 is 4.42 Å². The molecule has 0 N–H and O–H groups in total. The topological polar surface area (TPSA) is 51.8 Å². The predicted octanol–water partition coefficient (Wildman–Crippen LogP) is 12.4. The van der Waals surface area contributed by atoms with Crippen LogP contribution in [-0.2, 0) is 0 Å². The van der Waals surface area contributed by atoms with Crippen molar-refractivity contribution in [2.24, 2.45) is 0 Å². The number of aromatic nitrogens is 3. The van der Waals surface area contributed by atoms with Crippen molar-refractivity contribution in [1.29, 1.82) is 0 Å². The molecule has 0 fully saturated rings. The van der Waals surface area contributed by atoms with Crippen LogP contribution in [0.1, 0.15) is 0 Å². The van der Waals surface area contributed by atoms with Crippen LogP contribution in [0.15, 0.2) is 180 Å². The van der Waals surface area contributed by atoms with Gasteiger partial charge in [-0.05, 0) is 74.1 Å². The van der Waals surface area contributed by atoms with E-state index in [1.807, 2.05) is 36.4 Å². The highest BCUT2D eigenvalue weighted by atomic mass is 16.3. The molecule has 0 aliphatic carbocycles. The minimum atomic E-state index is 0.594. The summed E-state index contributed by atoms with van der Waals surface area (Å²) >= 11 is 0. The molecule has 0 saturated heterocycles. The lowest BCUT2D eigenvalue weighted by Gasteiger charge is -2.11. The summed E-state index contributed by atoms with van der Waals surface area (Å²) in [4.78, 5) is 15.4. The van der Waals surface area contributed by atoms with E-state index in [0.717, 1.165) is 66.1 Å². The Morgan fingerprint density at radius 1 is 0.314 bits per heavy atom. The van der Waals surface area contributed by atoms with Crippen LogP contribution in [-0.4, -0.2) is 15.0 Å². The minimum Gasteiger partial charge on any atom is -0.456 e. The molecule has 0 aliphatic rings. The van der Waals surface area contributed by atoms with E-state index in [2.05, 4.69) is 140 Å². The first-order valence-electron chi connectivity index (χ1n) is 17.1. The Balaban J connectivity index is 1.19. The van der Waals surface area contributed by atoms with E-state index in [9.17, 15) is 0 Å². The Morgan fingerprint density at radius 2 is 0.824 bits per heavy atom. The molecule has 0 atom stereocenters. The summed E-state index contributed by atoms with van der Waals surface area (Å²) in [6.07, 6.45) is 0. The van der Waals surface area contributed by atoms with Gasteiger partial charge in [-0.2, -0.15) is 0 Å². The maximum Gasteiger partial charge on any atom is 0.164 e. The lowest BCUT2D eigenvalue weighted by molar-refractivity contribution is 0.669. The molecule has 4 heteroatoms. The van der Waals surface area contributed by atoms with Gasteiger partial charge in [-0.15, -0.1) is 0 Å². The predicted molar refractivity (Wildman–Crippen MR) is 209 cm³/mol. The van der Waals surface area contributed by atoms with Gasteiger partial charge in [-0.1, -0.05) is 146 Å². The minimum absolute atomic E-state index is 0.594. The molecule has 2 heterocycles. The summed E-state index contributed by atoms with van der Waals surface area (Å²) in [6, 6.07) is 61.1. The number of rotatable bonds is 5. The molecule has 0 saturated carbocycles. The number of nitrogens with zero attached hydrogens (tertiary/aromatic N) is 3. The van der Waals surface area contributed by atoms with Crippen molar-refractivity contribution in [3.8, 4) is 56.4 Å². The highest BCUT2D eigenvalue weighted by Crippen LogP contribution is 2.41. The van der Waals surface area contributed by atoms with Crippen molar-refractivity contribution in [3.05, 3.63) is 176 Å². The zero-order chi connectivity index (χ0) is 33.7. The van der Waals surface area contributed by atoms with Crippen molar-refractivity contribution in [2.45, 2.75) is 0 Å². The van der Waals surface area contributed by atoms with Crippen LogP contribution in [0, 0.1) is 0 Å². The summed E-state index contributed by atoms with van der Waals surface area (Å²) in [7, 11) is 0. The maximum atomic E-state index is 6.63. The number of furan rings is 1. The molecule has 0 aliphatic heterocycles. The highest BCUT2D eigenvalue weighted by molar-refractivity contribution is 6.16. The van der Waals surface area contributed by atoms with Gasteiger partial charge in [0.2, 0.25) is 0 Å². The van der Waals surface area contributed by atoms with Gasteiger partial charge in [0.15, 0.2) is 17.5 Å². The van der Waals surface area contributed by atoms with E-state index >= 15 is 0 Å². The van der Waals surface area contributed by atoms with E-state index < -0.39 is 0 Å². The van der Waals surface area contributed by atoms with Gasteiger partial charge in [-0.3, -0.25) is 0 Å². The number of benzene rings is 8. The van der Waals surface area contributed by atoms with E-state index in [-0.39, 0.29) is 0 Å². The average Bonchev–Trinajstić information content (AvgIpc) is 3.57. The van der Waals surface area contributed by atoms with Crippen molar-refractivity contribution in [2.75, 3.05) is 0 Å². The molecule has 0 unspecified atom stereocenters. The maximum absolute atomic E-state index is 6.63. The van der Waals surface area contributed by atoms with Gasteiger partial charge < -0.3 is 4.42 Å². The van der Waals surface area contributed by atoms with Gasteiger partial charge in [0.1, 0.15) is 11.2 Å². The van der Waals surface area contributed by atoms with Gasteiger partial charge in [-0.25, -0.2) is 15.0 Å². The quantitative estimate of drug-likeness (QED) is 0.186. The number of hydrogen-bond acceptors (Lipinski definition) is 4. The van der Waals surface area contributed by atoms with Crippen LogP contribution in [0.25, 0.3) is 99.9 Å². The van der Waals surface area contributed by atoms with Crippen LogP contribution in [0.5, 0.6) is 0 Å². The Labute approximate surface area is 294 Å². The Kier molecular flexibility index (Phi) is 6.78. The molecule has 0 spiro atoms. The van der Waals surface area contributed by atoms with Crippen molar-refractivity contribution in [1.82, 2.24) is 15.0 Å². The third-order valence-corrected chi connectivity index (χ3v) is 9.68. The van der Waals surface area contributed by atoms with E-state index in [4.69, 9.17) is 19.4 Å². The molecule has 0 radical (unpaired) electrons. The second kappa shape index (κ2) is 11.9. The lowest BCUT2D eigenvalue weighted by atomic mass is 9.97. The molecule has 238 valence electrons. The largest absolute Gasteiger partial charge is 0.456 e. The first-order chi connectivity index (χ1) is 25.2. The Bertz CT molecular complexity index is 2900. The van der Waals surface area contributed by atoms with Gasteiger partial charge in [0.05, 0.1) is 0 Å². The fourth-order valence-electron chi connectivity index (χ4n) is 7.09. The van der Waals surface area contributed by atoms with Crippen LogP contribution in [0.3, 0.4) is 0 Å². The van der Waals surface area contributed by atoms with Gasteiger partial charge >= 0.3 is 0 Å². The first-order valence-corrected chi connectivity index (χ1v) is 17.1. The van der Waals surface area contributed by atoms with E-state index in [0.29, 0.717) is 17.5 Å². The third kappa shape index (κ3) is 5.22. The fraction of sp³-hybridized carbons (Fsp3) is 0. The Hall–Kier alpha value is -6.91. The smallest absolute Gasteiger partial charge is 0.164 e. The molecule has 10 rings (SSSR count). The van der Waals surface area contributed by atoms with Gasteiger partial charge in [0, 0.05) is 27.5 Å². The molecule has 10 aromatic rings. The van der Waals surface area contributed by atoms with Crippen molar-refractivity contribution >= 4 is 43.5 Å². The molecule has 0 bridgehead atoms. The summed E-state index contributed by atoms with van der Waals surface area (Å²) in [6.45, 7) is 0. The highest BCUT2D eigenvalue weighted by Gasteiger charge is 2.20. The Morgan fingerprint density at radius 3 is 1.53 bits per heavy atom. The van der Waals surface area contributed by atoms with Crippen LogP contribution in [0.2, 0.25) is 0 Å². The fourth-order valence-corrected chi connectivity index (χ4v) is 7.09. The van der Waals surface area contributed by atoms with Crippen LogP contribution < -0.4 is 0 Å². The lowest BCUT2D eigenvalue weighted by Crippen LogP contribution is -2.00. The van der Waals surface area contributed by atoms with Crippen LogP contribution >= 0.6 is 0 Å². The molecular formula is C47H29N3O. The molecule has 8 aromatic carbocycles. The van der Waals surface area contributed by atoms with Gasteiger partial charge in [0.25, 0.3) is 0 Å². The average molecular weight is 652 g/mol. The second-order valence-electron chi connectivity index (χ2n) is 12.9. The molecule has 51 heavy (non-hydrogen) atoms. The summed E-state index contributed by atoms with van der Waals surface area (Å²) in [5.41, 5.74) is 8.79. The third-order valence-electron chi connectivity index (χ3n) is 9.68. The monoisotopic (exact) mass is 651 g/mol. The second-order valence-corrected chi connectivity index (χ2v) is 12.9. The number of hydrogen-bond donors (Lipinski definition) is 0. The standard InChI is InChI=1S/C47H29N3O/c1-3-11-30(12-4-1)39-27-41(44-40-26-36-17-9-10-18-37(36)28-42(40)51-43(44)29-39)47-49-45(33-14-5-2-6-15-33)48-46(50-47)34-22-19-32(20-23-34)38-24-21-31-13-7-8-16-35(31)25-38/h1-29H. The summed E-state index contributed by atoms with van der Waals surface area (Å²) in [5, 5.41) is 6.75. The summed E-state index contributed by atoms with van der Waals surface area (Å²) < 4.78 is 6.63. The molecule has 0 amide bonds. The van der Waals surface area contributed by atoms with Crippen LogP contribution in [0.4, 0.5) is 0 Å². The molecule has 4 nitrogen and oxygen atoms in total. The van der Waals surface area contributed by atoms with E-state index in [1.54, 1.807) is 0 Å². The first kappa shape index (κ1) is 29.0. The van der Waals surface area contributed by atoms with Crippen molar-refractivity contribution in [3.63, 3.8) is 0 Å². The zero-order valence-corrected chi connectivity index (χ0v) is 27.5. The molecular weight excluding hydrogens is 623 g/mol. The summed E-state index contributed by atoms with van der Waals surface area (Å²) in [5.74, 6) is 1.82. The normalized spacial score (nSPS) is 11.5. The van der Waals surface area contributed by atoms with E-state index in [1.165, 1.54) is 16.3 Å². The number of fused-ring (bicyclic) bond motifs is 5. The zero-order valence-electron chi connectivity index (χ0n) is 27.5. The molecule has 2 aromatic heterocycles. The SMILES string of the molecule is c1ccc(-c2cc(-c3nc(-c4ccccc4)nc(-c4ccc(-c5ccc6ccccc6c5)cc4)n3)c3c(c2)oc2cc4ccccc4cc23)cc1.